The number of rotatable bonds is 8. The van der Waals surface area contributed by atoms with Crippen molar-refractivity contribution in [3.8, 4) is 0 Å². The molecule has 0 unspecified atom stereocenters. The van der Waals surface area contributed by atoms with Gasteiger partial charge in [-0.15, -0.1) is 0 Å². The number of carbonyl (C=O) groups is 1. The maximum absolute atomic E-state index is 12.4. The summed E-state index contributed by atoms with van der Waals surface area (Å²) in [5, 5.41) is 6.18. The molecule has 1 aromatic rings. The predicted octanol–water partition coefficient (Wildman–Crippen LogP) is 4.37. The van der Waals surface area contributed by atoms with E-state index in [1.165, 1.54) is 19.3 Å². The molecule has 3 nitrogen and oxygen atoms in total. The minimum atomic E-state index is 0.00270. The van der Waals surface area contributed by atoms with E-state index in [1.54, 1.807) is 0 Å². The van der Waals surface area contributed by atoms with Gasteiger partial charge in [0.15, 0.2) is 0 Å². The highest BCUT2D eigenvalue weighted by Crippen LogP contribution is 2.23. The lowest BCUT2D eigenvalue weighted by molar-refractivity contribution is 0.0935. The number of anilines is 1. The van der Waals surface area contributed by atoms with Gasteiger partial charge >= 0.3 is 0 Å². The van der Waals surface area contributed by atoms with Crippen LogP contribution in [-0.4, -0.2) is 19.5 Å². The van der Waals surface area contributed by atoms with Gasteiger partial charge in [-0.25, -0.2) is 0 Å². The molecule has 0 aliphatic carbocycles. The van der Waals surface area contributed by atoms with Crippen molar-refractivity contribution in [2.45, 2.75) is 53.4 Å². The van der Waals surface area contributed by atoms with Gasteiger partial charge in [0, 0.05) is 19.3 Å². The van der Waals surface area contributed by atoms with Crippen LogP contribution in [0.1, 0.15) is 62.4 Å². The van der Waals surface area contributed by atoms with E-state index in [1.807, 2.05) is 32.2 Å². The minimum Gasteiger partial charge on any atom is -0.387 e. The van der Waals surface area contributed by atoms with Gasteiger partial charge in [-0.05, 0) is 36.5 Å². The first kappa shape index (κ1) is 17.5. The lowest BCUT2D eigenvalue weighted by atomic mass is 9.87. The number of aryl methyl sites for hydroxylation is 1. The third-order valence-corrected chi connectivity index (χ3v) is 3.87. The molecule has 0 aliphatic heterocycles. The Morgan fingerprint density at radius 2 is 1.95 bits per heavy atom. The highest BCUT2D eigenvalue weighted by atomic mass is 16.1. The molecule has 0 aliphatic rings. The highest BCUT2D eigenvalue weighted by Gasteiger charge is 2.19. The van der Waals surface area contributed by atoms with Crippen LogP contribution in [0.3, 0.4) is 0 Å². The first-order valence-electron chi connectivity index (χ1n) is 7.96. The summed E-state index contributed by atoms with van der Waals surface area (Å²) in [6, 6.07) is 5.87. The molecular weight excluding hydrogens is 260 g/mol. The SMILES string of the molecule is CCCCCC(C)(C)CNC(=O)c1ccc(C)cc1NC. The van der Waals surface area contributed by atoms with Crippen LogP contribution in [0.4, 0.5) is 5.69 Å². The van der Waals surface area contributed by atoms with Crippen molar-refractivity contribution >= 4 is 11.6 Å². The van der Waals surface area contributed by atoms with Crippen molar-refractivity contribution in [3.63, 3.8) is 0 Å². The minimum absolute atomic E-state index is 0.00270. The van der Waals surface area contributed by atoms with Crippen molar-refractivity contribution in [2.75, 3.05) is 18.9 Å². The topological polar surface area (TPSA) is 41.1 Å². The van der Waals surface area contributed by atoms with Gasteiger partial charge in [0.25, 0.3) is 5.91 Å². The van der Waals surface area contributed by atoms with Crippen LogP contribution in [0, 0.1) is 12.3 Å². The molecule has 1 aromatic carbocycles. The Morgan fingerprint density at radius 1 is 1.24 bits per heavy atom. The first-order valence-corrected chi connectivity index (χ1v) is 7.96. The van der Waals surface area contributed by atoms with Crippen molar-refractivity contribution in [2.24, 2.45) is 5.41 Å². The molecule has 2 N–H and O–H groups in total. The standard InChI is InChI=1S/C18H30N2O/c1-6-7-8-11-18(3,4)13-20-17(21)15-10-9-14(2)12-16(15)19-5/h9-10,12,19H,6-8,11,13H2,1-5H3,(H,20,21). The summed E-state index contributed by atoms with van der Waals surface area (Å²) in [5.74, 6) is 0.00270. The molecule has 3 heteroatoms. The Morgan fingerprint density at radius 3 is 2.57 bits per heavy atom. The van der Waals surface area contributed by atoms with E-state index < -0.39 is 0 Å². The normalized spacial score (nSPS) is 11.3. The van der Waals surface area contributed by atoms with Crippen LogP contribution >= 0.6 is 0 Å². The van der Waals surface area contributed by atoms with Crippen LogP contribution in [0.2, 0.25) is 0 Å². The molecule has 0 atom stereocenters. The largest absolute Gasteiger partial charge is 0.387 e. The Hall–Kier alpha value is -1.51. The van der Waals surface area contributed by atoms with E-state index in [2.05, 4.69) is 31.4 Å². The molecule has 1 amide bonds. The van der Waals surface area contributed by atoms with E-state index >= 15 is 0 Å². The number of hydrogen-bond acceptors (Lipinski definition) is 2. The second-order valence-corrected chi connectivity index (χ2v) is 6.60. The van der Waals surface area contributed by atoms with Gasteiger partial charge < -0.3 is 10.6 Å². The van der Waals surface area contributed by atoms with Crippen molar-refractivity contribution in [1.82, 2.24) is 5.32 Å². The number of carbonyl (C=O) groups excluding carboxylic acids is 1. The van der Waals surface area contributed by atoms with Gasteiger partial charge in [0.05, 0.1) is 5.56 Å². The summed E-state index contributed by atoms with van der Waals surface area (Å²) in [6.45, 7) is 9.39. The molecule has 0 heterocycles. The molecule has 0 fully saturated rings. The second-order valence-electron chi connectivity index (χ2n) is 6.60. The summed E-state index contributed by atoms with van der Waals surface area (Å²) in [4.78, 5) is 12.4. The molecular formula is C18H30N2O. The molecule has 0 saturated carbocycles. The second kappa shape index (κ2) is 8.06. The maximum atomic E-state index is 12.4. The zero-order chi connectivity index (χ0) is 15.9. The zero-order valence-corrected chi connectivity index (χ0v) is 14.2. The van der Waals surface area contributed by atoms with Crippen LogP contribution in [0.5, 0.6) is 0 Å². The fourth-order valence-electron chi connectivity index (χ4n) is 2.42. The molecule has 0 bridgehead atoms. The molecule has 0 radical (unpaired) electrons. The Kier molecular flexibility index (Phi) is 6.73. The van der Waals surface area contributed by atoms with Gasteiger partial charge in [-0.1, -0.05) is 46.1 Å². The smallest absolute Gasteiger partial charge is 0.253 e. The summed E-state index contributed by atoms with van der Waals surface area (Å²) in [7, 11) is 1.85. The number of benzene rings is 1. The third kappa shape index (κ3) is 5.78. The number of nitrogens with one attached hydrogen (secondary N) is 2. The van der Waals surface area contributed by atoms with Gasteiger partial charge in [-0.3, -0.25) is 4.79 Å². The lowest BCUT2D eigenvalue weighted by Crippen LogP contribution is -2.34. The Labute approximate surface area is 129 Å². The molecule has 1 rings (SSSR count). The van der Waals surface area contributed by atoms with Crippen molar-refractivity contribution in [3.05, 3.63) is 29.3 Å². The maximum Gasteiger partial charge on any atom is 0.253 e. The van der Waals surface area contributed by atoms with Gasteiger partial charge in [-0.2, -0.15) is 0 Å². The summed E-state index contributed by atoms with van der Waals surface area (Å²) >= 11 is 0. The average Bonchev–Trinajstić information content (AvgIpc) is 2.45. The molecule has 118 valence electrons. The highest BCUT2D eigenvalue weighted by molar-refractivity contribution is 5.99. The third-order valence-electron chi connectivity index (χ3n) is 3.87. The van der Waals surface area contributed by atoms with Crippen LogP contribution in [-0.2, 0) is 0 Å². The van der Waals surface area contributed by atoms with E-state index in [0.29, 0.717) is 12.1 Å². The van der Waals surface area contributed by atoms with Crippen molar-refractivity contribution < 1.29 is 4.79 Å². The van der Waals surface area contributed by atoms with Gasteiger partial charge in [0.1, 0.15) is 0 Å². The van der Waals surface area contributed by atoms with Crippen LogP contribution in [0.25, 0.3) is 0 Å². The molecule has 0 spiro atoms. The number of amides is 1. The van der Waals surface area contributed by atoms with E-state index in [9.17, 15) is 4.79 Å². The first-order chi connectivity index (χ1) is 9.89. The van der Waals surface area contributed by atoms with E-state index in [0.717, 1.165) is 17.7 Å². The summed E-state index contributed by atoms with van der Waals surface area (Å²) < 4.78 is 0. The number of hydrogen-bond donors (Lipinski definition) is 2. The fraction of sp³-hybridized carbons (Fsp3) is 0.611. The molecule has 0 aromatic heterocycles. The Bertz CT molecular complexity index is 466. The average molecular weight is 290 g/mol. The molecule has 0 saturated heterocycles. The van der Waals surface area contributed by atoms with Crippen molar-refractivity contribution in [1.29, 1.82) is 0 Å². The van der Waals surface area contributed by atoms with E-state index in [4.69, 9.17) is 0 Å². The summed E-state index contributed by atoms with van der Waals surface area (Å²) in [5.41, 5.74) is 2.90. The summed E-state index contributed by atoms with van der Waals surface area (Å²) in [6.07, 6.45) is 4.87. The Balaban J connectivity index is 2.61. The van der Waals surface area contributed by atoms with Crippen LogP contribution < -0.4 is 10.6 Å². The number of unbranched alkanes of at least 4 members (excludes halogenated alkanes) is 2. The van der Waals surface area contributed by atoms with Gasteiger partial charge in [0.2, 0.25) is 0 Å². The lowest BCUT2D eigenvalue weighted by Gasteiger charge is -2.25. The quantitative estimate of drug-likeness (QED) is 0.698. The fourth-order valence-corrected chi connectivity index (χ4v) is 2.42. The monoisotopic (exact) mass is 290 g/mol. The predicted molar refractivity (Wildman–Crippen MR) is 91.0 cm³/mol. The van der Waals surface area contributed by atoms with E-state index in [-0.39, 0.29) is 11.3 Å². The zero-order valence-electron chi connectivity index (χ0n) is 14.2. The van der Waals surface area contributed by atoms with Crippen LogP contribution in [0.15, 0.2) is 18.2 Å². The molecule has 21 heavy (non-hydrogen) atoms.